The van der Waals surface area contributed by atoms with Gasteiger partial charge < -0.3 is 14.9 Å². The molecule has 0 aliphatic carbocycles. The lowest BCUT2D eigenvalue weighted by Gasteiger charge is -2.13. The summed E-state index contributed by atoms with van der Waals surface area (Å²) >= 11 is 0. The maximum absolute atomic E-state index is 11.4. The van der Waals surface area contributed by atoms with Crippen LogP contribution in [-0.4, -0.2) is 48.5 Å². The number of aliphatic hydroxyl groups excluding tert-OH is 2. The third-order valence-electron chi connectivity index (χ3n) is 3.02. The zero-order chi connectivity index (χ0) is 15.9. The summed E-state index contributed by atoms with van der Waals surface area (Å²) < 4.78 is 6.45. The zero-order valence-corrected chi connectivity index (χ0v) is 11.6. The van der Waals surface area contributed by atoms with Gasteiger partial charge in [0, 0.05) is 31.1 Å². The van der Waals surface area contributed by atoms with Crippen molar-refractivity contribution >= 4 is 0 Å². The van der Waals surface area contributed by atoms with Crippen molar-refractivity contribution in [3.8, 4) is 0 Å². The molecule has 3 heterocycles. The number of H-pyrrole nitrogens is 1. The van der Waals surface area contributed by atoms with Crippen molar-refractivity contribution in [1.82, 2.24) is 19.5 Å². The maximum atomic E-state index is 11.4. The fourth-order valence-electron chi connectivity index (χ4n) is 1.96. The van der Waals surface area contributed by atoms with Gasteiger partial charge in [-0.25, -0.2) is 14.8 Å². The van der Waals surface area contributed by atoms with Gasteiger partial charge in [-0.3, -0.25) is 14.3 Å². The molecule has 2 aromatic heterocycles. The molecule has 0 bridgehead atoms. The van der Waals surface area contributed by atoms with E-state index in [1.165, 1.54) is 23.2 Å². The predicted octanol–water partition coefficient (Wildman–Crippen LogP) is -1.35. The molecule has 9 heteroatoms. The van der Waals surface area contributed by atoms with Crippen LogP contribution in [0.1, 0.15) is 12.6 Å². The number of ether oxygens (including phenoxy) is 1. The Morgan fingerprint density at radius 1 is 1.36 bits per heavy atom. The van der Waals surface area contributed by atoms with Crippen LogP contribution in [0, 0.1) is 0 Å². The van der Waals surface area contributed by atoms with E-state index < -0.39 is 29.7 Å². The Labute approximate surface area is 124 Å². The summed E-state index contributed by atoms with van der Waals surface area (Å²) in [5, 5.41) is 18.4. The van der Waals surface area contributed by atoms with Crippen molar-refractivity contribution in [2.45, 2.75) is 24.9 Å². The minimum Gasteiger partial charge on any atom is -0.394 e. The highest BCUT2D eigenvalue weighted by Gasteiger charge is 2.34. The van der Waals surface area contributed by atoms with E-state index in [1.807, 2.05) is 0 Å². The molecule has 1 unspecified atom stereocenters. The third-order valence-corrected chi connectivity index (χ3v) is 3.02. The van der Waals surface area contributed by atoms with E-state index in [-0.39, 0.29) is 13.0 Å². The average Bonchev–Trinajstić information content (AvgIpc) is 2.90. The van der Waals surface area contributed by atoms with E-state index in [4.69, 9.17) is 9.84 Å². The molecule has 3 rings (SSSR count). The number of hydrogen-bond donors (Lipinski definition) is 3. The lowest BCUT2D eigenvalue weighted by molar-refractivity contribution is -0.0459. The Hall–Kier alpha value is -2.36. The van der Waals surface area contributed by atoms with Gasteiger partial charge in [0.15, 0.2) is 0 Å². The van der Waals surface area contributed by atoms with Crippen LogP contribution in [0.15, 0.2) is 46.6 Å². The summed E-state index contributed by atoms with van der Waals surface area (Å²) in [7, 11) is 0. The minimum atomic E-state index is -0.811. The van der Waals surface area contributed by atoms with Gasteiger partial charge in [0.2, 0.25) is 0 Å². The Morgan fingerprint density at radius 2 is 2.09 bits per heavy atom. The first-order valence-corrected chi connectivity index (χ1v) is 6.57. The topological polar surface area (TPSA) is 130 Å². The largest absolute Gasteiger partial charge is 0.394 e. The minimum absolute atomic E-state index is 0.206. The van der Waals surface area contributed by atoms with Crippen LogP contribution in [0.3, 0.4) is 0 Å². The molecule has 3 N–H and O–H groups in total. The highest BCUT2D eigenvalue weighted by Crippen LogP contribution is 2.26. The first kappa shape index (κ1) is 16.0. The second-order valence-corrected chi connectivity index (χ2v) is 4.54. The number of aromatic amines is 1. The lowest BCUT2D eigenvalue weighted by Crippen LogP contribution is -2.31. The standard InChI is InChI=1S/C9H12N2O5.C4H4N2/c12-4-6-5(13)3-8(16-6)11-2-1-7(14)10-9(11)15;1-2-5-4-6-3-1/h1-2,5-6,8,12-13H,3-4H2,(H,10,14,15);1-4H/t5-,6+,8?;/m0./s1. The second-order valence-electron chi connectivity index (χ2n) is 4.54. The van der Waals surface area contributed by atoms with Crippen molar-refractivity contribution in [3.63, 3.8) is 0 Å². The molecule has 1 fully saturated rings. The lowest BCUT2D eigenvalue weighted by atomic mass is 10.2. The number of hydrogen-bond acceptors (Lipinski definition) is 7. The smallest absolute Gasteiger partial charge is 0.330 e. The van der Waals surface area contributed by atoms with E-state index in [9.17, 15) is 14.7 Å². The molecule has 0 radical (unpaired) electrons. The fourth-order valence-corrected chi connectivity index (χ4v) is 1.96. The van der Waals surface area contributed by atoms with E-state index >= 15 is 0 Å². The van der Waals surface area contributed by atoms with Crippen LogP contribution in [0.2, 0.25) is 0 Å². The Balaban J connectivity index is 0.000000246. The third kappa shape index (κ3) is 4.07. The number of aliphatic hydroxyl groups is 2. The number of nitrogens with zero attached hydrogens (tertiary/aromatic N) is 3. The van der Waals surface area contributed by atoms with Gasteiger partial charge in [0.05, 0.1) is 12.7 Å². The van der Waals surface area contributed by atoms with Crippen molar-refractivity contribution in [2.75, 3.05) is 6.61 Å². The van der Waals surface area contributed by atoms with Crippen molar-refractivity contribution in [1.29, 1.82) is 0 Å². The molecule has 0 saturated carbocycles. The van der Waals surface area contributed by atoms with Gasteiger partial charge >= 0.3 is 5.69 Å². The Kier molecular flexibility index (Phi) is 5.53. The van der Waals surface area contributed by atoms with Gasteiger partial charge in [-0.2, -0.15) is 0 Å². The van der Waals surface area contributed by atoms with Gasteiger partial charge in [-0.15, -0.1) is 0 Å². The first-order valence-electron chi connectivity index (χ1n) is 6.57. The van der Waals surface area contributed by atoms with Gasteiger partial charge in [-0.05, 0) is 6.07 Å². The number of aromatic nitrogens is 4. The monoisotopic (exact) mass is 308 g/mol. The molecule has 9 nitrogen and oxygen atoms in total. The van der Waals surface area contributed by atoms with E-state index in [1.54, 1.807) is 18.5 Å². The molecule has 1 saturated heterocycles. The zero-order valence-electron chi connectivity index (χ0n) is 11.6. The van der Waals surface area contributed by atoms with Crippen LogP contribution in [-0.2, 0) is 4.74 Å². The molecule has 1 aliphatic heterocycles. The van der Waals surface area contributed by atoms with E-state index in [0.717, 1.165) is 0 Å². The second kappa shape index (κ2) is 7.59. The molecule has 2 aromatic rings. The van der Waals surface area contributed by atoms with Gasteiger partial charge in [-0.1, -0.05) is 0 Å². The van der Waals surface area contributed by atoms with Crippen molar-refractivity contribution in [2.24, 2.45) is 0 Å². The van der Waals surface area contributed by atoms with Crippen LogP contribution < -0.4 is 11.2 Å². The van der Waals surface area contributed by atoms with Crippen molar-refractivity contribution in [3.05, 3.63) is 57.9 Å². The normalized spacial score (nSPS) is 23.6. The summed E-state index contributed by atoms with van der Waals surface area (Å²) in [5.74, 6) is 0. The maximum Gasteiger partial charge on any atom is 0.330 e. The molecule has 0 aromatic carbocycles. The van der Waals surface area contributed by atoms with E-state index in [0.29, 0.717) is 0 Å². The highest BCUT2D eigenvalue weighted by molar-refractivity contribution is 4.88. The highest BCUT2D eigenvalue weighted by atomic mass is 16.5. The number of nitrogens with one attached hydrogen (secondary N) is 1. The molecule has 3 atom stereocenters. The van der Waals surface area contributed by atoms with Gasteiger partial charge in [0.1, 0.15) is 18.7 Å². The Morgan fingerprint density at radius 3 is 2.55 bits per heavy atom. The summed E-state index contributed by atoms with van der Waals surface area (Å²) in [6, 6.07) is 2.98. The van der Waals surface area contributed by atoms with E-state index in [2.05, 4.69) is 15.0 Å². The average molecular weight is 308 g/mol. The number of rotatable bonds is 2. The first-order chi connectivity index (χ1) is 10.6. The molecule has 118 valence electrons. The molecule has 0 spiro atoms. The quantitative estimate of drug-likeness (QED) is 0.625. The van der Waals surface area contributed by atoms with Crippen molar-refractivity contribution < 1.29 is 14.9 Å². The summed E-state index contributed by atoms with van der Waals surface area (Å²) in [6.07, 6.45) is 4.23. The summed E-state index contributed by atoms with van der Waals surface area (Å²) in [5.41, 5.74) is -1.08. The molecule has 1 aliphatic rings. The predicted molar refractivity (Wildman–Crippen MR) is 75.0 cm³/mol. The SMILES string of the molecule is O=c1ccn(C2C[C@H](O)[C@@H](CO)O2)c(=O)[nH]1.c1cncnc1. The molecule has 0 amide bonds. The van der Waals surface area contributed by atoms with Crippen LogP contribution in [0.4, 0.5) is 0 Å². The fraction of sp³-hybridized carbons (Fsp3) is 0.385. The van der Waals surface area contributed by atoms with Gasteiger partial charge in [0.25, 0.3) is 5.56 Å². The van der Waals surface area contributed by atoms with Crippen LogP contribution in [0.25, 0.3) is 0 Å². The summed E-state index contributed by atoms with van der Waals surface area (Å²) in [6.45, 7) is -0.310. The molecular weight excluding hydrogens is 292 g/mol. The molecular formula is C13H16N4O5. The molecule has 22 heavy (non-hydrogen) atoms. The van der Waals surface area contributed by atoms with Crippen LogP contribution >= 0.6 is 0 Å². The Bertz CT molecular complexity index is 660. The van der Waals surface area contributed by atoms with Crippen LogP contribution in [0.5, 0.6) is 0 Å². The summed E-state index contributed by atoms with van der Waals surface area (Å²) in [4.78, 5) is 31.7.